The molecule has 1 aromatic carbocycles. The van der Waals surface area contributed by atoms with Crippen LogP contribution in [0.1, 0.15) is 44.6 Å². The molecule has 1 aliphatic carbocycles. The molecule has 0 bridgehead atoms. The number of ether oxygens (including phenoxy) is 1. The van der Waals surface area contributed by atoms with Crippen molar-refractivity contribution in [2.24, 2.45) is 15.9 Å². The summed E-state index contributed by atoms with van der Waals surface area (Å²) < 4.78 is 63.5. The molecule has 178 valence electrons. The quantitative estimate of drug-likeness (QED) is 0.310. The minimum Gasteiger partial charge on any atom is -0.481 e. The number of carboxylic acids is 1. The number of nitrogens with zero attached hydrogens (tertiary/aromatic N) is 2. The second-order valence-electron chi connectivity index (χ2n) is 7.12. The molecule has 0 spiro atoms. The van der Waals surface area contributed by atoms with Gasteiger partial charge in [0.15, 0.2) is 0 Å². The monoisotopic (exact) mass is 462 g/mol. The van der Waals surface area contributed by atoms with E-state index in [0.29, 0.717) is 12.8 Å². The first-order valence-corrected chi connectivity index (χ1v) is 10.0. The van der Waals surface area contributed by atoms with Crippen molar-refractivity contribution < 1.29 is 36.6 Å². The van der Waals surface area contributed by atoms with E-state index in [-0.39, 0.29) is 5.92 Å². The van der Waals surface area contributed by atoms with Gasteiger partial charge in [0.25, 0.3) is 0 Å². The fraction of sp³-hybridized carbons (Fsp3) is 0.500. The van der Waals surface area contributed by atoms with E-state index in [2.05, 4.69) is 21.6 Å². The van der Waals surface area contributed by atoms with Crippen LogP contribution in [0.25, 0.3) is 0 Å². The molecule has 0 saturated carbocycles. The highest BCUT2D eigenvalue weighted by molar-refractivity contribution is 6.02. The van der Waals surface area contributed by atoms with Crippen LogP contribution in [0.3, 0.4) is 0 Å². The normalized spacial score (nSPS) is 17.4. The second-order valence-corrected chi connectivity index (χ2v) is 7.12. The molecule has 1 aromatic rings. The number of unbranched alkanes of at least 4 members (excludes halogenated alkanes) is 1. The van der Waals surface area contributed by atoms with Crippen molar-refractivity contribution in [3.63, 3.8) is 0 Å². The Hall–Kier alpha value is -2.78. The minimum absolute atomic E-state index is 0.239. The summed E-state index contributed by atoms with van der Waals surface area (Å²) >= 11 is 0. The number of aliphatic carboxylic acids is 1. The third-order valence-electron chi connectivity index (χ3n) is 4.49. The first-order chi connectivity index (χ1) is 14.9. The van der Waals surface area contributed by atoms with Gasteiger partial charge in [0.1, 0.15) is 11.6 Å². The fourth-order valence-corrected chi connectivity index (χ4v) is 2.64. The molecule has 0 fully saturated rings. The Morgan fingerprint density at radius 2 is 1.84 bits per heavy atom. The SMILES string of the molecule is CCCC=NC(=NC)C1=CCC(C(=O)O)CC1.Cc1ccc(OC(F)(F)C(F)(F)F)cc1. The number of allylic oxidation sites excluding steroid dienone is 1. The Labute approximate surface area is 183 Å². The summed E-state index contributed by atoms with van der Waals surface area (Å²) in [7, 11) is 1.72. The van der Waals surface area contributed by atoms with E-state index in [1.165, 1.54) is 12.1 Å². The highest BCUT2D eigenvalue weighted by Gasteiger charge is 2.61. The molecule has 2 rings (SSSR count). The van der Waals surface area contributed by atoms with Crippen molar-refractivity contribution in [2.75, 3.05) is 7.05 Å². The summed E-state index contributed by atoms with van der Waals surface area (Å²) in [6.45, 7) is 3.78. The van der Waals surface area contributed by atoms with Gasteiger partial charge in [-0.05, 0) is 50.3 Å². The van der Waals surface area contributed by atoms with Crippen molar-refractivity contribution in [1.29, 1.82) is 0 Å². The van der Waals surface area contributed by atoms with E-state index in [4.69, 9.17) is 5.11 Å². The van der Waals surface area contributed by atoms with E-state index < -0.39 is 24.0 Å². The van der Waals surface area contributed by atoms with Gasteiger partial charge >= 0.3 is 18.3 Å². The van der Waals surface area contributed by atoms with Gasteiger partial charge in [-0.1, -0.05) is 37.1 Å². The van der Waals surface area contributed by atoms with Crippen molar-refractivity contribution in [2.45, 2.75) is 58.2 Å². The largest absolute Gasteiger partial charge is 0.499 e. The smallest absolute Gasteiger partial charge is 0.481 e. The summed E-state index contributed by atoms with van der Waals surface area (Å²) in [5.74, 6) is -0.716. The van der Waals surface area contributed by atoms with Crippen LogP contribution in [0.2, 0.25) is 0 Å². The molecule has 0 aromatic heterocycles. The lowest BCUT2D eigenvalue weighted by Crippen LogP contribution is -2.41. The third kappa shape index (κ3) is 8.76. The maximum atomic E-state index is 12.4. The summed E-state index contributed by atoms with van der Waals surface area (Å²) in [5, 5.41) is 8.90. The predicted octanol–water partition coefficient (Wildman–Crippen LogP) is 6.23. The van der Waals surface area contributed by atoms with Crippen molar-refractivity contribution >= 4 is 18.0 Å². The number of amidine groups is 1. The molecule has 32 heavy (non-hydrogen) atoms. The van der Waals surface area contributed by atoms with Gasteiger partial charge < -0.3 is 9.84 Å². The zero-order valence-corrected chi connectivity index (χ0v) is 18.1. The molecule has 0 saturated heterocycles. The van der Waals surface area contributed by atoms with Crippen LogP contribution in [-0.2, 0) is 4.79 Å². The van der Waals surface area contributed by atoms with Gasteiger partial charge in [-0.15, -0.1) is 0 Å². The molecule has 1 atom stereocenters. The van der Waals surface area contributed by atoms with Crippen molar-refractivity contribution in [3.05, 3.63) is 41.5 Å². The lowest BCUT2D eigenvalue weighted by molar-refractivity contribution is -0.360. The number of carboxylic acid groups (broad SMARTS) is 1. The van der Waals surface area contributed by atoms with E-state index in [9.17, 15) is 26.7 Å². The molecular formula is C22H27F5N2O3. The Bertz CT molecular complexity index is 831. The zero-order valence-electron chi connectivity index (χ0n) is 18.1. The van der Waals surface area contributed by atoms with E-state index >= 15 is 0 Å². The third-order valence-corrected chi connectivity index (χ3v) is 4.49. The van der Waals surface area contributed by atoms with Gasteiger partial charge in [0.2, 0.25) is 0 Å². The average molecular weight is 462 g/mol. The Balaban J connectivity index is 0.000000323. The molecule has 1 N–H and O–H groups in total. The molecule has 0 amide bonds. The fourth-order valence-electron chi connectivity index (χ4n) is 2.64. The van der Waals surface area contributed by atoms with Crippen LogP contribution in [0, 0.1) is 12.8 Å². The standard InChI is InChI=1S/C13H20N2O2.C9H7F5O/c1-3-4-9-15-12(14-2)10-5-7-11(8-6-10)13(16)17;1-6-2-4-7(5-3-6)15-9(13,14)8(10,11)12/h5,9,11H,3-4,6-8H2,1-2H3,(H,16,17);2-5H,1H3. The van der Waals surface area contributed by atoms with E-state index in [1.54, 1.807) is 14.0 Å². The highest BCUT2D eigenvalue weighted by atomic mass is 19.4. The van der Waals surface area contributed by atoms with Crippen LogP contribution < -0.4 is 4.74 Å². The molecule has 5 nitrogen and oxygen atoms in total. The number of alkyl halides is 5. The van der Waals surface area contributed by atoms with Crippen LogP contribution in [0.5, 0.6) is 5.75 Å². The number of carbonyl (C=O) groups is 1. The van der Waals surface area contributed by atoms with Crippen LogP contribution >= 0.6 is 0 Å². The predicted molar refractivity (Wildman–Crippen MR) is 113 cm³/mol. The van der Waals surface area contributed by atoms with Crippen LogP contribution in [0.4, 0.5) is 22.0 Å². The zero-order chi connectivity index (χ0) is 24.4. The molecule has 1 aliphatic rings. The molecule has 0 heterocycles. The van der Waals surface area contributed by atoms with Gasteiger partial charge in [0.05, 0.1) is 5.92 Å². The van der Waals surface area contributed by atoms with Crippen molar-refractivity contribution in [1.82, 2.24) is 0 Å². The lowest BCUT2D eigenvalue weighted by atomic mass is 9.89. The molecule has 0 aliphatic heterocycles. The number of aryl methyl sites for hydroxylation is 1. The summed E-state index contributed by atoms with van der Waals surface area (Å²) in [5.41, 5.74) is 1.81. The number of aliphatic imine (C=N–C) groups is 2. The molecule has 1 unspecified atom stereocenters. The van der Waals surface area contributed by atoms with Gasteiger partial charge in [-0.2, -0.15) is 22.0 Å². The van der Waals surface area contributed by atoms with Crippen LogP contribution in [0.15, 0.2) is 45.9 Å². The number of hydrogen-bond acceptors (Lipinski definition) is 3. The number of halogens is 5. The number of rotatable bonds is 6. The Morgan fingerprint density at radius 1 is 1.22 bits per heavy atom. The number of hydrogen-bond donors (Lipinski definition) is 1. The Morgan fingerprint density at radius 3 is 2.28 bits per heavy atom. The number of benzene rings is 1. The first kappa shape index (κ1) is 27.3. The summed E-state index contributed by atoms with van der Waals surface area (Å²) in [6, 6.07) is 4.85. The van der Waals surface area contributed by atoms with E-state index in [1.807, 2.05) is 12.3 Å². The average Bonchev–Trinajstić information content (AvgIpc) is 2.72. The maximum absolute atomic E-state index is 12.4. The first-order valence-electron chi connectivity index (χ1n) is 10.0. The van der Waals surface area contributed by atoms with Crippen LogP contribution in [-0.4, -0.2) is 42.5 Å². The highest BCUT2D eigenvalue weighted by Crippen LogP contribution is 2.37. The lowest BCUT2D eigenvalue weighted by Gasteiger charge is -2.20. The summed E-state index contributed by atoms with van der Waals surface area (Å²) in [4.78, 5) is 19.3. The molecule has 10 heteroatoms. The van der Waals surface area contributed by atoms with Gasteiger partial charge in [0, 0.05) is 13.3 Å². The van der Waals surface area contributed by atoms with E-state index in [0.717, 1.165) is 48.4 Å². The topological polar surface area (TPSA) is 71.2 Å². The van der Waals surface area contributed by atoms with Gasteiger partial charge in [-0.3, -0.25) is 9.79 Å². The Kier molecular flexibility index (Phi) is 10.5. The minimum atomic E-state index is -5.71. The maximum Gasteiger partial charge on any atom is 0.499 e. The molecule has 0 radical (unpaired) electrons. The van der Waals surface area contributed by atoms with Crippen molar-refractivity contribution in [3.8, 4) is 5.75 Å². The second kappa shape index (κ2) is 12.3. The molecular weight excluding hydrogens is 435 g/mol. The van der Waals surface area contributed by atoms with Gasteiger partial charge in [-0.25, -0.2) is 4.99 Å². The summed E-state index contributed by atoms with van der Waals surface area (Å²) in [6.07, 6.45) is -2.98.